The van der Waals surface area contributed by atoms with E-state index in [1.165, 1.54) is 19.2 Å². The van der Waals surface area contributed by atoms with Gasteiger partial charge >= 0.3 is 0 Å². The minimum atomic E-state index is -3.62. The Bertz CT molecular complexity index is 796. The highest BCUT2D eigenvalue weighted by Crippen LogP contribution is 2.16. The summed E-state index contributed by atoms with van der Waals surface area (Å²) in [7, 11) is -2.14. The van der Waals surface area contributed by atoms with Crippen LogP contribution in [0.5, 0.6) is 11.5 Å². The molecule has 6 nitrogen and oxygen atoms in total. The monoisotopic (exact) mass is 332 g/mol. The molecule has 0 amide bonds. The van der Waals surface area contributed by atoms with Gasteiger partial charge in [0, 0.05) is 12.3 Å². The Morgan fingerprint density at radius 3 is 2.74 bits per heavy atom. The Balaban J connectivity index is 1.84. The van der Waals surface area contributed by atoms with Crippen molar-refractivity contribution in [3.63, 3.8) is 0 Å². The molecule has 0 saturated heterocycles. The number of aromatic nitrogens is 1. The summed E-state index contributed by atoms with van der Waals surface area (Å²) in [5.74, 6) is 6.51. The molecule has 2 rings (SSSR count). The third-order valence-electron chi connectivity index (χ3n) is 2.77. The molecule has 0 spiro atoms. The molecule has 0 atom stereocenters. The van der Waals surface area contributed by atoms with Crippen LogP contribution in [0.2, 0.25) is 0 Å². The van der Waals surface area contributed by atoms with Crippen LogP contribution in [0.15, 0.2) is 53.7 Å². The molecule has 0 unspecified atom stereocenters. The zero-order chi connectivity index (χ0) is 16.5. The van der Waals surface area contributed by atoms with Gasteiger partial charge in [-0.25, -0.2) is 8.42 Å². The van der Waals surface area contributed by atoms with Crippen LogP contribution >= 0.6 is 0 Å². The fourth-order valence-electron chi connectivity index (χ4n) is 1.65. The Kier molecular flexibility index (Phi) is 5.97. The van der Waals surface area contributed by atoms with Crippen molar-refractivity contribution >= 4 is 10.0 Å². The normalized spacial score (nSPS) is 10.5. The second-order valence-corrected chi connectivity index (χ2v) is 6.10. The summed E-state index contributed by atoms with van der Waals surface area (Å²) >= 11 is 0. The Labute approximate surface area is 135 Å². The zero-order valence-electron chi connectivity index (χ0n) is 12.5. The molecule has 120 valence electrons. The van der Waals surface area contributed by atoms with Crippen molar-refractivity contribution in [1.29, 1.82) is 0 Å². The zero-order valence-corrected chi connectivity index (χ0v) is 13.3. The van der Waals surface area contributed by atoms with Gasteiger partial charge < -0.3 is 9.47 Å². The van der Waals surface area contributed by atoms with Gasteiger partial charge in [-0.3, -0.25) is 4.98 Å². The first-order chi connectivity index (χ1) is 11.1. The van der Waals surface area contributed by atoms with E-state index in [1.807, 2.05) is 0 Å². The third kappa shape index (κ3) is 5.29. The molecule has 1 heterocycles. The van der Waals surface area contributed by atoms with Crippen molar-refractivity contribution in [2.45, 2.75) is 4.90 Å². The molecule has 0 radical (unpaired) electrons. The van der Waals surface area contributed by atoms with Crippen molar-refractivity contribution in [2.75, 3.05) is 20.3 Å². The third-order valence-corrected chi connectivity index (χ3v) is 4.17. The Morgan fingerprint density at radius 1 is 1.17 bits per heavy atom. The minimum absolute atomic E-state index is 0.00403. The van der Waals surface area contributed by atoms with Crippen LogP contribution in [-0.2, 0) is 10.0 Å². The second kappa shape index (κ2) is 8.17. The largest absolute Gasteiger partial charge is 0.497 e. The minimum Gasteiger partial charge on any atom is -0.497 e. The van der Waals surface area contributed by atoms with E-state index in [1.54, 1.807) is 36.7 Å². The lowest BCUT2D eigenvalue weighted by Crippen LogP contribution is -2.24. The van der Waals surface area contributed by atoms with Gasteiger partial charge in [0.15, 0.2) is 0 Å². The Hall–Kier alpha value is -2.56. The van der Waals surface area contributed by atoms with E-state index in [-0.39, 0.29) is 18.0 Å². The summed E-state index contributed by atoms with van der Waals surface area (Å²) < 4.78 is 36.9. The highest BCUT2D eigenvalue weighted by atomic mass is 32.2. The lowest BCUT2D eigenvalue weighted by Gasteiger charge is -2.05. The maximum Gasteiger partial charge on any atom is 0.241 e. The second-order valence-electron chi connectivity index (χ2n) is 4.33. The highest BCUT2D eigenvalue weighted by Gasteiger charge is 2.13. The summed E-state index contributed by atoms with van der Waals surface area (Å²) in [6.45, 7) is 0.155. The van der Waals surface area contributed by atoms with Crippen LogP contribution < -0.4 is 14.2 Å². The molecule has 2 aromatic rings. The number of sulfonamides is 1. The van der Waals surface area contributed by atoms with Crippen molar-refractivity contribution in [1.82, 2.24) is 9.71 Å². The number of hydrogen-bond donors (Lipinski definition) is 1. The van der Waals surface area contributed by atoms with Crippen molar-refractivity contribution < 1.29 is 17.9 Å². The molecule has 0 bridgehead atoms. The van der Waals surface area contributed by atoms with Gasteiger partial charge in [0.05, 0.1) is 24.7 Å². The summed E-state index contributed by atoms with van der Waals surface area (Å²) in [6, 6.07) is 9.74. The van der Waals surface area contributed by atoms with E-state index in [2.05, 4.69) is 21.5 Å². The smallest absolute Gasteiger partial charge is 0.241 e. The maximum absolute atomic E-state index is 12.1. The van der Waals surface area contributed by atoms with Crippen LogP contribution in [-0.4, -0.2) is 33.7 Å². The molecule has 0 saturated carbocycles. The van der Waals surface area contributed by atoms with Crippen LogP contribution in [0, 0.1) is 11.8 Å². The predicted molar refractivity (Wildman–Crippen MR) is 85.7 cm³/mol. The van der Waals surface area contributed by atoms with Gasteiger partial charge in [-0.15, -0.1) is 0 Å². The number of methoxy groups -OCH3 is 1. The van der Waals surface area contributed by atoms with E-state index >= 15 is 0 Å². The average molecular weight is 332 g/mol. The number of hydrogen-bond acceptors (Lipinski definition) is 5. The Morgan fingerprint density at radius 2 is 2.00 bits per heavy atom. The predicted octanol–water partition coefficient (Wildman–Crippen LogP) is 1.45. The molecule has 1 aromatic carbocycles. The summed E-state index contributed by atoms with van der Waals surface area (Å²) in [6.07, 6.45) is 3.22. The molecule has 7 heteroatoms. The number of pyridine rings is 1. The van der Waals surface area contributed by atoms with Crippen LogP contribution in [0.3, 0.4) is 0 Å². The molecule has 1 N–H and O–H groups in total. The van der Waals surface area contributed by atoms with Crippen molar-refractivity contribution in [3.8, 4) is 23.3 Å². The van der Waals surface area contributed by atoms with Gasteiger partial charge in [-0.2, -0.15) is 4.72 Å². The lowest BCUT2D eigenvalue weighted by atomic mass is 10.3. The standard InChI is InChI=1S/C16H16N2O4S/c1-21-14-6-4-8-16(12-14)23(19,20)18-10-2-3-11-22-15-7-5-9-17-13-15/h4-9,12-13,18H,10-11H2,1H3. The number of rotatable bonds is 6. The van der Waals surface area contributed by atoms with Crippen LogP contribution in [0.1, 0.15) is 0 Å². The van der Waals surface area contributed by atoms with E-state index in [0.29, 0.717) is 11.5 Å². The van der Waals surface area contributed by atoms with Gasteiger partial charge in [0.2, 0.25) is 10.0 Å². The van der Waals surface area contributed by atoms with E-state index < -0.39 is 10.0 Å². The highest BCUT2D eigenvalue weighted by molar-refractivity contribution is 7.89. The topological polar surface area (TPSA) is 77.5 Å². The summed E-state index contributed by atoms with van der Waals surface area (Å²) in [5, 5.41) is 0. The molecule has 1 aromatic heterocycles. The van der Waals surface area contributed by atoms with Gasteiger partial charge in [-0.05, 0) is 24.3 Å². The number of nitrogens with zero attached hydrogens (tertiary/aromatic N) is 1. The van der Waals surface area contributed by atoms with Gasteiger partial charge in [0.1, 0.15) is 18.1 Å². The molecule has 23 heavy (non-hydrogen) atoms. The van der Waals surface area contributed by atoms with E-state index in [0.717, 1.165) is 0 Å². The molecule has 0 aliphatic carbocycles. The van der Waals surface area contributed by atoms with Gasteiger partial charge in [-0.1, -0.05) is 17.9 Å². The van der Waals surface area contributed by atoms with Crippen LogP contribution in [0.25, 0.3) is 0 Å². The number of ether oxygens (including phenoxy) is 2. The van der Waals surface area contributed by atoms with Crippen molar-refractivity contribution in [2.24, 2.45) is 0 Å². The number of nitrogens with one attached hydrogen (secondary N) is 1. The molecule has 0 aliphatic rings. The quantitative estimate of drug-likeness (QED) is 0.810. The SMILES string of the molecule is COc1cccc(S(=O)(=O)NCC#CCOc2cccnc2)c1. The van der Waals surface area contributed by atoms with E-state index in [4.69, 9.17) is 9.47 Å². The van der Waals surface area contributed by atoms with Crippen molar-refractivity contribution in [3.05, 3.63) is 48.8 Å². The van der Waals surface area contributed by atoms with Gasteiger partial charge in [0.25, 0.3) is 0 Å². The van der Waals surface area contributed by atoms with E-state index in [9.17, 15) is 8.42 Å². The summed E-state index contributed by atoms with van der Waals surface area (Å²) in [5.41, 5.74) is 0. The molecular weight excluding hydrogens is 316 g/mol. The fraction of sp³-hybridized carbons (Fsp3) is 0.188. The molecule has 0 aliphatic heterocycles. The van der Waals surface area contributed by atoms with Crippen LogP contribution in [0.4, 0.5) is 0 Å². The summed E-state index contributed by atoms with van der Waals surface area (Å²) in [4.78, 5) is 4.03. The lowest BCUT2D eigenvalue weighted by molar-refractivity contribution is 0.368. The number of benzene rings is 1. The first kappa shape index (κ1) is 16.8. The fourth-order valence-corrected chi connectivity index (χ4v) is 2.61. The first-order valence-electron chi connectivity index (χ1n) is 6.74. The average Bonchev–Trinajstić information content (AvgIpc) is 2.59. The molecule has 0 fully saturated rings. The first-order valence-corrected chi connectivity index (χ1v) is 8.22. The molecular formula is C16H16N2O4S. The maximum atomic E-state index is 12.1.